The number of rotatable bonds is 5. The first-order valence-electron chi connectivity index (χ1n) is 11.9. The van der Waals surface area contributed by atoms with Gasteiger partial charge in [0.25, 0.3) is 11.5 Å². The highest BCUT2D eigenvalue weighted by Gasteiger charge is 2.35. The number of piperazine rings is 1. The number of pyridine rings is 1. The molecule has 1 aromatic heterocycles. The number of carbonyl (C=O) groups excluding carboxylic acids is 1. The van der Waals surface area contributed by atoms with Crippen molar-refractivity contribution in [2.45, 2.75) is 40.3 Å². The van der Waals surface area contributed by atoms with Crippen LogP contribution in [-0.4, -0.2) is 51.9 Å². The predicted molar refractivity (Wildman–Crippen MR) is 147 cm³/mol. The molecule has 188 valence electrons. The van der Waals surface area contributed by atoms with Crippen molar-refractivity contribution >= 4 is 51.8 Å². The van der Waals surface area contributed by atoms with Crippen LogP contribution in [0.5, 0.6) is 0 Å². The summed E-state index contributed by atoms with van der Waals surface area (Å²) in [6, 6.07) is 8.43. The second kappa shape index (κ2) is 10.4. The summed E-state index contributed by atoms with van der Waals surface area (Å²) in [5.41, 5.74) is 1.93. The van der Waals surface area contributed by atoms with Gasteiger partial charge in [-0.15, -0.1) is 0 Å². The van der Waals surface area contributed by atoms with E-state index in [-0.39, 0.29) is 28.9 Å². The quantitative estimate of drug-likeness (QED) is 0.430. The molecule has 10 heteroatoms. The molecule has 7 nitrogen and oxygen atoms in total. The number of thiocarbonyl (C=S) groups is 1. The Morgan fingerprint density at radius 3 is 2.28 bits per heavy atom. The predicted octanol–water partition coefficient (Wildman–Crippen LogP) is 4.12. The van der Waals surface area contributed by atoms with Crippen molar-refractivity contribution in [1.29, 1.82) is 5.26 Å². The van der Waals surface area contributed by atoms with Gasteiger partial charge in [0.1, 0.15) is 27.6 Å². The molecular weight excluding hydrogens is 497 g/mol. The molecule has 4 rings (SSSR count). The third-order valence-electron chi connectivity index (χ3n) is 6.55. The van der Waals surface area contributed by atoms with Crippen LogP contribution in [0.3, 0.4) is 0 Å². The second-order valence-corrected chi connectivity index (χ2v) is 10.7. The van der Waals surface area contributed by atoms with Crippen LogP contribution in [0.4, 0.5) is 15.9 Å². The van der Waals surface area contributed by atoms with Crippen LogP contribution >= 0.6 is 24.0 Å². The van der Waals surface area contributed by atoms with E-state index in [9.17, 15) is 19.2 Å². The van der Waals surface area contributed by atoms with Gasteiger partial charge in [0.15, 0.2) is 0 Å². The first kappa shape index (κ1) is 25.9. The fourth-order valence-corrected chi connectivity index (χ4v) is 6.17. The fraction of sp³-hybridized carbons (Fsp3) is 0.385. The Labute approximate surface area is 219 Å². The summed E-state index contributed by atoms with van der Waals surface area (Å²) in [5.74, 6) is 0.261. The molecule has 0 radical (unpaired) electrons. The number of aromatic nitrogens is 1. The highest BCUT2D eigenvalue weighted by atomic mass is 32.2. The summed E-state index contributed by atoms with van der Waals surface area (Å²) in [4.78, 5) is 32.7. The van der Waals surface area contributed by atoms with Crippen LogP contribution in [0.15, 0.2) is 34.0 Å². The van der Waals surface area contributed by atoms with E-state index in [0.717, 1.165) is 5.69 Å². The van der Waals surface area contributed by atoms with Crippen LogP contribution < -0.4 is 15.4 Å². The maximum atomic E-state index is 13.4. The first-order chi connectivity index (χ1) is 17.2. The first-order valence-corrected chi connectivity index (χ1v) is 13.1. The zero-order valence-electron chi connectivity index (χ0n) is 20.7. The molecule has 2 saturated heterocycles. The molecule has 0 bridgehead atoms. The summed E-state index contributed by atoms with van der Waals surface area (Å²) in [6.07, 6.45) is 1.78. The third-order valence-corrected chi connectivity index (χ3v) is 7.88. The fourth-order valence-electron chi connectivity index (χ4n) is 4.66. The summed E-state index contributed by atoms with van der Waals surface area (Å²) >= 11 is 6.68. The number of halogens is 1. The monoisotopic (exact) mass is 525 g/mol. The van der Waals surface area contributed by atoms with Crippen LogP contribution in [-0.2, 0) is 11.3 Å². The molecule has 36 heavy (non-hydrogen) atoms. The zero-order chi connectivity index (χ0) is 26.1. The highest BCUT2D eigenvalue weighted by Crippen LogP contribution is 2.37. The van der Waals surface area contributed by atoms with Crippen molar-refractivity contribution in [3.05, 3.63) is 62.0 Å². The van der Waals surface area contributed by atoms with E-state index in [1.54, 1.807) is 34.6 Å². The third kappa shape index (κ3) is 4.65. The Bertz CT molecular complexity index is 1340. The van der Waals surface area contributed by atoms with Gasteiger partial charge in [0.2, 0.25) is 0 Å². The lowest BCUT2D eigenvalue weighted by atomic mass is 10.0. The van der Waals surface area contributed by atoms with Gasteiger partial charge in [-0.05, 0) is 63.6 Å². The van der Waals surface area contributed by atoms with Gasteiger partial charge in [-0.2, -0.15) is 5.26 Å². The van der Waals surface area contributed by atoms with Crippen molar-refractivity contribution in [2.75, 3.05) is 36.0 Å². The molecule has 2 fully saturated rings. The Balaban J connectivity index is 1.77. The van der Waals surface area contributed by atoms with Gasteiger partial charge in [-0.25, -0.2) is 4.39 Å². The molecule has 2 aromatic rings. The minimum Gasteiger partial charge on any atom is -0.368 e. The van der Waals surface area contributed by atoms with Gasteiger partial charge in [0, 0.05) is 50.0 Å². The number of amides is 1. The minimum atomic E-state index is -0.333. The molecule has 1 amide bonds. The topological polar surface area (TPSA) is 72.6 Å². The molecule has 0 aliphatic carbocycles. The normalized spacial score (nSPS) is 17.5. The van der Waals surface area contributed by atoms with Crippen molar-refractivity contribution in [3.8, 4) is 6.07 Å². The number of benzene rings is 1. The molecule has 0 atom stereocenters. The zero-order valence-corrected chi connectivity index (χ0v) is 22.4. The van der Waals surface area contributed by atoms with Crippen molar-refractivity contribution < 1.29 is 9.18 Å². The van der Waals surface area contributed by atoms with Gasteiger partial charge in [-0.1, -0.05) is 24.0 Å². The number of anilines is 2. The maximum Gasteiger partial charge on any atom is 0.270 e. The van der Waals surface area contributed by atoms with Gasteiger partial charge in [-0.3, -0.25) is 19.1 Å². The molecule has 0 spiro atoms. The number of hydrogen-bond donors (Lipinski definition) is 0. The van der Waals surface area contributed by atoms with E-state index in [4.69, 9.17) is 12.2 Å². The van der Waals surface area contributed by atoms with Crippen LogP contribution in [0.2, 0.25) is 0 Å². The number of thioether (sulfide) groups is 1. The molecule has 2 aliphatic heterocycles. The SMILES string of the molecule is CCn1c(N2CCN(c3ccc(F)cc3)CC2)c(/C=C2/SC(=S)N(C(C)C)C2=O)c(C)c(C#N)c1=O. The molecule has 0 saturated carbocycles. The van der Waals surface area contributed by atoms with Crippen molar-refractivity contribution in [1.82, 2.24) is 9.47 Å². The lowest BCUT2D eigenvalue weighted by Crippen LogP contribution is -2.48. The van der Waals surface area contributed by atoms with Crippen LogP contribution in [0.25, 0.3) is 6.08 Å². The standard InChI is InChI=1S/C26H28FN5O2S2/c1-5-31-23(30-12-10-29(11-13-30)19-8-6-18(27)7-9-19)20(17(4)21(15-28)24(31)33)14-22-25(34)32(16(2)3)26(35)36-22/h6-9,14,16H,5,10-13H2,1-4H3/b22-14+. The van der Waals surface area contributed by atoms with E-state index < -0.39 is 0 Å². The second-order valence-electron chi connectivity index (χ2n) is 8.99. The van der Waals surface area contributed by atoms with Gasteiger partial charge < -0.3 is 9.80 Å². The van der Waals surface area contributed by atoms with Crippen LogP contribution in [0.1, 0.15) is 37.5 Å². The van der Waals surface area contributed by atoms with Gasteiger partial charge >= 0.3 is 0 Å². The molecule has 2 aliphatic rings. The largest absolute Gasteiger partial charge is 0.368 e. The maximum absolute atomic E-state index is 13.4. The van der Waals surface area contributed by atoms with Crippen LogP contribution in [0, 0.1) is 24.1 Å². The molecule has 1 aromatic carbocycles. The summed E-state index contributed by atoms with van der Waals surface area (Å²) in [6.45, 7) is 10.4. The van der Waals surface area contributed by atoms with Gasteiger partial charge in [0.05, 0.1) is 4.91 Å². The van der Waals surface area contributed by atoms with E-state index >= 15 is 0 Å². The average Bonchev–Trinajstić information content (AvgIpc) is 3.14. The van der Waals surface area contributed by atoms with E-state index in [1.807, 2.05) is 20.8 Å². The number of hydrogen-bond acceptors (Lipinski definition) is 7. The summed E-state index contributed by atoms with van der Waals surface area (Å²) in [7, 11) is 0. The van der Waals surface area contributed by atoms with Crippen molar-refractivity contribution in [3.63, 3.8) is 0 Å². The number of nitrogens with zero attached hydrogens (tertiary/aromatic N) is 5. The smallest absolute Gasteiger partial charge is 0.270 e. The molecular formula is C26H28FN5O2S2. The lowest BCUT2D eigenvalue weighted by Gasteiger charge is -2.39. The summed E-state index contributed by atoms with van der Waals surface area (Å²) in [5, 5.41) is 9.76. The Hall–Kier alpha value is -3.16. The molecule has 0 unspecified atom stereocenters. The average molecular weight is 526 g/mol. The van der Waals surface area contributed by atoms with E-state index in [1.165, 1.54) is 23.9 Å². The molecule has 0 N–H and O–H groups in total. The Morgan fingerprint density at radius 1 is 1.14 bits per heavy atom. The Kier molecular flexibility index (Phi) is 7.52. The lowest BCUT2D eigenvalue weighted by molar-refractivity contribution is -0.123. The number of carbonyl (C=O) groups is 1. The molecule has 3 heterocycles. The van der Waals surface area contributed by atoms with E-state index in [2.05, 4.69) is 15.9 Å². The highest BCUT2D eigenvalue weighted by molar-refractivity contribution is 8.26. The number of nitriles is 1. The van der Waals surface area contributed by atoms with Crippen molar-refractivity contribution in [2.24, 2.45) is 0 Å². The minimum absolute atomic E-state index is 0.0669. The summed E-state index contributed by atoms with van der Waals surface area (Å²) < 4.78 is 15.5. The Morgan fingerprint density at radius 2 is 1.75 bits per heavy atom. The van der Waals surface area contributed by atoms with E-state index in [0.29, 0.717) is 58.9 Å².